The van der Waals surface area contributed by atoms with Crippen LogP contribution in [-0.4, -0.2) is 0 Å². The molecule has 0 atom stereocenters. The topological polar surface area (TPSA) is 0 Å². The summed E-state index contributed by atoms with van der Waals surface area (Å²) in [4.78, 5) is 0. The van der Waals surface area contributed by atoms with Crippen molar-refractivity contribution in [2.75, 3.05) is 0 Å². The Hall–Kier alpha value is -1.48. The Kier molecular flexibility index (Phi) is 8.59. The molecule has 0 aromatic rings. The molecule has 0 saturated heterocycles. The molecule has 0 bridgehead atoms. The first kappa shape index (κ1) is 12.5. The van der Waals surface area contributed by atoms with Gasteiger partial charge in [-0.3, -0.25) is 0 Å². The molecule has 1 rings (SSSR count). The van der Waals surface area contributed by atoms with E-state index in [0.29, 0.717) is 0 Å². The molecule has 0 aliphatic heterocycles. The van der Waals surface area contributed by atoms with Gasteiger partial charge in [-0.05, 0) is 26.2 Å². The number of allylic oxidation sites excluding steroid dienone is 8. The average molecular weight is 186 g/mol. The molecule has 0 aromatic heterocycles. The molecule has 0 heterocycles. The van der Waals surface area contributed by atoms with E-state index in [9.17, 15) is 0 Å². The molecule has 0 N–H and O–H groups in total. The summed E-state index contributed by atoms with van der Waals surface area (Å²) in [5.41, 5.74) is 1.36. The largest absolute Gasteiger partial charge is 0.124 e. The lowest BCUT2D eigenvalue weighted by Gasteiger charge is -1.88. The molecule has 0 saturated carbocycles. The van der Waals surface area contributed by atoms with Crippen molar-refractivity contribution in [1.82, 2.24) is 0 Å². The number of hydrogen-bond donors (Lipinski definition) is 0. The molecule has 0 unspecified atom stereocenters. The summed E-state index contributed by atoms with van der Waals surface area (Å²) in [6, 6.07) is 0. The summed E-state index contributed by atoms with van der Waals surface area (Å²) in [7, 11) is 0. The highest BCUT2D eigenvalue weighted by Crippen LogP contribution is 2.02. The van der Waals surface area contributed by atoms with E-state index in [1.165, 1.54) is 5.57 Å². The maximum Gasteiger partial charge on any atom is -0.0163 e. The first-order valence-electron chi connectivity index (χ1n) is 4.86. The van der Waals surface area contributed by atoms with Crippen molar-refractivity contribution in [3.8, 4) is 12.8 Å². The summed E-state index contributed by atoms with van der Waals surface area (Å²) < 4.78 is 0. The van der Waals surface area contributed by atoms with Crippen molar-refractivity contribution < 1.29 is 0 Å². The minimum absolute atomic E-state index is 1.05. The second-order valence-electron chi connectivity index (χ2n) is 3.00. The van der Waals surface area contributed by atoms with Gasteiger partial charge in [0.2, 0.25) is 0 Å². The van der Waals surface area contributed by atoms with Crippen LogP contribution in [0.25, 0.3) is 0 Å². The maximum atomic E-state index is 4.00. The minimum atomic E-state index is 1.05. The highest BCUT2D eigenvalue weighted by atomic mass is 13.9. The van der Waals surface area contributed by atoms with Gasteiger partial charge in [0.15, 0.2) is 0 Å². The van der Waals surface area contributed by atoms with E-state index in [1.54, 1.807) is 0 Å². The first-order valence-corrected chi connectivity index (χ1v) is 4.86. The molecule has 0 amide bonds. The lowest BCUT2D eigenvalue weighted by atomic mass is 10.2. The summed E-state index contributed by atoms with van der Waals surface area (Å²) in [5.74, 6) is 0. The number of terminal acetylenes is 1. The van der Waals surface area contributed by atoms with Crippen LogP contribution >= 0.6 is 0 Å². The molecule has 0 heteroatoms. The molecule has 14 heavy (non-hydrogen) atoms. The van der Waals surface area contributed by atoms with Crippen molar-refractivity contribution in [2.45, 2.75) is 26.2 Å². The molecule has 1 aliphatic carbocycles. The van der Waals surface area contributed by atoms with E-state index in [0.717, 1.165) is 19.3 Å². The van der Waals surface area contributed by atoms with Gasteiger partial charge in [-0.15, -0.1) is 12.8 Å². The Morgan fingerprint density at radius 1 is 0.857 bits per heavy atom. The van der Waals surface area contributed by atoms with E-state index in [-0.39, 0.29) is 0 Å². The van der Waals surface area contributed by atoms with Crippen LogP contribution in [0.1, 0.15) is 26.2 Å². The third-order valence-corrected chi connectivity index (χ3v) is 1.83. The predicted octanol–water partition coefficient (Wildman–Crippen LogP) is 4.03. The van der Waals surface area contributed by atoms with Gasteiger partial charge in [-0.1, -0.05) is 48.1 Å². The van der Waals surface area contributed by atoms with Crippen LogP contribution in [0, 0.1) is 12.8 Å². The van der Waals surface area contributed by atoms with E-state index in [2.05, 4.69) is 62.3 Å². The first-order chi connectivity index (χ1) is 6.89. The zero-order valence-corrected chi connectivity index (χ0v) is 8.82. The van der Waals surface area contributed by atoms with Crippen molar-refractivity contribution >= 4 is 0 Å². The molecule has 0 fully saturated rings. The Bertz CT molecular complexity index is 259. The molecule has 0 nitrogen and oxygen atoms in total. The van der Waals surface area contributed by atoms with Crippen molar-refractivity contribution in [2.24, 2.45) is 0 Å². The summed E-state index contributed by atoms with van der Waals surface area (Å²) in [6.45, 7) is 2.14. The highest BCUT2D eigenvalue weighted by Gasteiger charge is 1.81. The Labute approximate surface area is 87.7 Å². The SMILES string of the molecule is C#C.CC1=C/C/C=C\C/C=C\C/C=C\1. The summed E-state index contributed by atoms with van der Waals surface area (Å²) in [5, 5.41) is 0. The fourth-order valence-corrected chi connectivity index (χ4v) is 1.12. The van der Waals surface area contributed by atoms with Crippen LogP contribution in [0.15, 0.2) is 48.1 Å². The molecule has 0 aromatic carbocycles. The van der Waals surface area contributed by atoms with E-state index < -0.39 is 0 Å². The van der Waals surface area contributed by atoms with Gasteiger partial charge in [-0.2, -0.15) is 0 Å². The van der Waals surface area contributed by atoms with E-state index >= 15 is 0 Å². The Morgan fingerprint density at radius 3 is 2.00 bits per heavy atom. The zero-order chi connectivity index (χ0) is 10.6. The van der Waals surface area contributed by atoms with Crippen molar-refractivity contribution in [1.29, 1.82) is 0 Å². The summed E-state index contributed by atoms with van der Waals surface area (Å²) >= 11 is 0. The third kappa shape index (κ3) is 7.18. The van der Waals surface area contributed by atoms with E-state index in [4.69, 9.17) is 0 Å². The van der Waals surface area contributed by atoms with Gasteiger partial charge in [0.1, 0.15) is 0 Å². The molecular formula is C14H18. The summed E-state index contributed by atoms with van der Waals surface area (Å²) in [6.07, 6.45) is 26.7. The molecule has 0 spiro atoms. The quantitative estimate of drug-likeness (QED) is 0.396. The van der Waals surface area contributed by atoms with Gasteiger partial charge in [0, 0.05) is 0 Å². The number of rotatable bonds is 0. The van der Waals surface area contributed by atoms with Crippen molar-refractivity contribution in [3.63, 3.8) is 0 Å². The Morgan fingerprint density at radius 2 is 1.36 bits per heavy atom. The normalized spacial score (nSPS) is 26.6. The van der Waals surface area contributed by atoms with Crippen LogP contribution in [0.3, 0.4) is 0 Å². The lowest BCUT2D eigenvalue weighted by Crippen LogP contribution is -1.67. The lowest BCUT2D eigenvalue weighted by molar-refractivity contribution is 1.28. The Balaban J connectivity index is 0.000000791. The fourth-order valence-electron chi connectivity index (χ4n) is 1.12. The second-order valence-corrected chi connectivity index (χ2v) is 3.00. The average Bonchev–Trinajstić information content (AvgIpc) is 2.27. The molecule has 74 valence electrons. The zero-order valence-electron chi connectivity index (χ0n) is 8.82. The van der Waals surface area contributed by atoms with Gasteiger partial charge in [0.05, 0.1) is 0 Å². The van der Waals surface area contributed by atoms with Crippen LogP contribution in [0.5, 0.6) is 0 Å². The van der Waals surface area contributed by atoms with Gasteiger partial charge in [-0.25, -0.2) is 0 Å². The maximum absolute atomic E-state index is 4.00. The molecular weight excluding hydrogens is 168 g/mol. The standard InChI is InChI=1S/C12H16.C2H2/c1-12-10-8-6-4-2-3-5-7-9-11-12;1-2/h2,4-5,7-8,10-11H,3,6,9H2,1H3;1-2H/b4-2-,7-5-,10-8-,12-11-;. The fraction of sp³-hybridized carbons (Fsp3) is 0.286. The predicted molar refractivity (Wildman–Crippen MR) is 64.9 cm³/mol. The highest BCUT2D eigenvalue weighted by molar-refractivity contribution is 5.18. The van der Waals surface area contributed by atoms with E-state index in [1.807, 2.05) is 0 Å². The minimum Gasteiger partial charge on any atom is -0.124 e. The van der Waals surface area contributed by atoms with Crippen LogP contribution in [0.2, 0.25) is 0 Å². The number of hydrogen-bond acceptors (Lipinski definition) is 0. The second kappa shape index (κ2) is 9.61. The third-order valence-electron chi connectivity index (χ3n) is 1.83. The van der Waals surface area contributed by atoms with Gasteiger partial charge < -0.3 is 0 Å². The van der Waals surface area contributed by atoms with Crippen LogP contribution < -0.4 is 0 Å². The smallest absolute Gasteiger partial charge is 0.0163 e. The van der Waals surface area contributed by atoms with Crippen LogP contribution in [0.4, 0.5) is 0 Å². The molecule has 1 aliphatic rings. The van der Waals surface area contributed by atoms with Crippen molar-refractivity contribution in [3.05, 3.63) is 48.1 Å². The molecule has 0 radical (unpaired) electrons. The monoisotopic (exact) mass is 186 g/mol. The van der Waals surface area contributed by atoms with Gasteiger partial charge in [0.25, 0.3) is 0 Å². The van der Waals surface area contributed by atoms with Gasteiger partial charge >= 0.3 is 0 Å². The van der Waals surface area contributed by atoms with Crippen LogP contribution in [-0.2, 0) is 0 Å².